The molecular weight excluding hydrogens is 292 g/mol. The van der Waals surface area contributed by atoms with Crippen LogP contribution in [0.3, 0.4) is 0 Å². The van der Waals surface area contributed by atoms with Crippen LogP contribution < -0.4 is 5.43 Å². The third kappa shape index (κ3) is 7.73. The normalized spacial score (nSPS) is 11.9. The summed E-state index contributed by atoms with van der Waals surface area (Å²) < 4.78 is 9.68. The van der Waals surface area contributed by atoms with Gasteiger partial charge in [-0.25, -0.2) is 15.0 Å². The Hall–Kier alpha value is -1.11. The molecular formula is C10H17BrN2O4. The number of nitrogens with zero attached hydrogens (tertiary/aromatic N) is 1. The highest BCUT2D eigenvalue weighted by atomic mass is 79.9. The molecule has 98 valence electrons. The number of esters is 1. The van der Waals surface area contributed by atoms with Crippen molar-refractivity contribution in [3.05, 3.63) is 0 Å². The maximum Gasteiger partial charge on any atom is 0.428 e. The summed E-state index contributed by atoms with van der Waals surface area (Å²) in [4.78, 5) is 22.5. The van der Waals surface area contributed by atoms with Gasteiger partial charge >= 0.3 is 12.1 Å². The van der Waals surface area contributed by atoms with Crippen LogP contribution in [0.4, 0.5) is 4.79 Å². The summed E-state index contributed by atoms with van der Waals surface area (Å²) in [6.45, 7) is 7.12. The van der Waals surface area contributed by atoms with Crippen molar-refractivity contribution in [3.8, 4) is 0 Å². The number of amides is 1. The second kappa shape index (κ2) is 7.26. The molecule has 6 nitrogen and oxygen atoms in total. The lowest BCUT2D eigenvalue weighted by Crippen LogP contribution is -2.31. The van der Waals surface area contributed by atoms with Gasteiger partial charge in [0.1, 0.15) is 5.60 Å². The van der Waals surface area contributed by atoms with Gasteiger partial charge in [-0.2, -0.15) is 5.10 Å². The number of carbonyl (C=O) groups excluding carboxylic acids is 2. The first-order valence-corrected chi connectivity index (χ1v) is 6.21. The van der Waals surface area contributed by atoms with Crippen LogP contribution in [0, 0.1) is 0 Å². The number of hydrogen-bond donors (Lipinski definition) is 1. The molecule has 0 aliphatic carbocycles. The molecule has 7 heteroatoms. The van der Waals surface area contributed by atoms with Gasteiger partial charge in [-0.15, -0.1) is 0 Å². The number of halogens is 1. The smallest absolute Gasteiger partial charge is 0.428 e. The summed E-state index contributed by atoms with van der Waals surface area (Å²) in [5.74, 6) is -0.583. The summed E-state index contributed by atoms with van der Waals surface area (Å²) in [7, 11) is 0. The monoisotopic (exact) mass is 308 g/mol. The molecule has 0 bridgehead atoms. The van der Waals surface area contributed by atoms with Crippen LogP contribution in [0.5, 0.6) is 0 Å². The van der Waals surface area contributed by atoms with Crippen LogP contribution in [0.2, 0.25) is 0 Å². The number of nitrogens with one attached hydrogen (secondary N) is 1. The van der Waals surface area contributed by atoms with Gasteiger partial charge in [-0.1, -0.05) is 15.9 Å². The summed E-state index contributed by atoms with van der Waals surface area (Å²) in [5, 5.41) is 3.80. The van der Waals surface area contributed by atoms with Gasteiger partial charge < -0.3 is 9.47 Å². The van der Waals surface area contributed by atoms with Crippen molar-refractivity contribution < 1.29 is 19.1 Å². The van der Waals surface area contributed by atoms with Crippen LogP contribution in [0.1, 0.15) is 27.7 Å². The molecule has 17 heavy (non-hydrogen) atoms. The van der Waals surface area contributed by atoms with Crippen LogP contribution in [0.25, 0.3) is 0 Å². The van der Waals surface area contributed by atoms with Crippen molar-refractivity contribution in [2.24, 2.45) is 5.10 Å². The van der Waals surface area contributed by atoms with Gasteiger partial charge in [0.2, 0.25) is 0 Å². The van der Waals surface area contributed by atoms with E-state index in [0.717, 1.165) is 0 Å². The zero-order valence-electron chi connectivity index (χ0n) is 10.4. The zero-order valence-corrected chi connectivity index (χ0v) is 12.0. The third-order valence-corrected chi connectivity index (χ3v) is 1.85. The van der Waals surface area contributed by atoms with E-state index in [-0.39, 0.29) is 17.6 Å². The lowest BCUT2D eigenvalue weighted by atomic mass is 10.2. The minimum Gasteiger partial charge on any atom is -0.461 e. The van der Waals surface area contributed by atoms with Crippen molar-refractivity contribution in [1.82, 2.24) is 5.43 Å². The van der Waals surface area contributed by atoms with E-state index in [1.54, 1.807) is 27.7 Å². The van der Waals surface area contributed by atoms with Gasteiger partial charge in [-0.3, -0.25) is 0 Å². The predicted molar refractivity (Wildman–Crippen MR) is 67.2 cm³/mol. The van der Waals surface area contributed by atoms with Crippen molar-refractivity contribution in [2.45, 2.75) is 33.3 Å². The van der Waals surface area contributed by atoms with Crippen molar-refractivity contribution in [1.29, 1.82) is 0 Å². The Morgan fingerprint density at radius 2 is 1.94 bits per heavy atom. The first-order valence-electron chi connectivity index (χ1n) is 5.08. The maximum atomic E-state index is 11.3. The van der Waals surface area contributed by atoms with Gasteiger partial charge in [0.15, 0.2) is 5.71 Å². The van der Waals surface area contributed by atoms with Gasteiger partial charge in [-0.05, 0) is 27.7 Å². The van der Waals surface area contributed by atoms with Crippen LogP contribution in [-0.4, -0.2) is 35.3 Å². The second-order valence-corrected chi connectivity index (χ2v) is 4.59. The van der Waals surface area contributed by atoms with E-state index in [4.69, 9.17) is 9.47 Å². The minimum absolute atomic E-state index is 0.0673. The zero-order chi connectivity index (χ0) is 13.5. The van der Waals surface area contributed by atoms with Crippen LogP contribution >= 0.6 is 15.9 Å². The van der Waals surface area contributed by atoms with Crippen LogP contribution in [-0.2, 0) is 14.3 Å². The molecule has 0 spiro atoms. The number of ether oxygens (including phenoxy) is 2. The Bertz CT molecular complexity index is 310. The van der Waals surface area contributed by atoms with Gasteiger partial charge in [0, 0.05) is 0 Å². The van der Waals surface area contributed by atoms with E-state index in [1.165, 1.54) is 0 Å². The molecule has 0 aromatic rings. The lowest BCUT2D eigenvalue weighted by Gasteiger charge is -2.18. The molecule has 0 aliphatic rings. The van der Waals surface area contributed by atoms with Gasteiger partial charge in [0.05, 0.1) is 11.9 Å². The molecule has 0 unspecified atom stereocenters. The van der Waals surface area contributed by atoms with Crippen molar-refractivity contribution in [3.63, 3.8) is 0 Å². The molecule has 0 radical (unpaired) electrons. The minimum atomic E-state index is -0.722. The standard InChI is InChI=1S/C10H17BrN2O4/c1-5-16-8(14)7(6-11)12-13-9(15)17-10(2,3)4/h5-6H2,1-4H3,(H,13,15)/b12-7+. The average molecular weight is 309 g/mol. The number of hydrogen-bond acceptors (Lipinski definition) is 5. The summed E-state index contributed by atoms with van der Waals surface area (Å²) in [6.07, 6.45) is -0.722. The Kier molecular flexibility index (Phi) is 6.79. The van der Waals surface area contributed by atoms with Crippen molar-refractivity contribution in [2.75, 3.05) is 11.9 Å². The lowest BCUT2D eigenvalue weighted by molar-refractivity contribution is -0.135. The SMILES string of the molecule is CCOC(=O)/C(CBr)=N/NC(=O)OC(C)(C)C. The summed E-state index contributed by atoms with van der Waals surface area (Å²) in [6, 6.07) is 0. The topological polar surface area (TPSA) is 77.0 Å². The van der Waals surface area contributed by atoms with Crippen molar-refractivity contribution >= 4 is 33.7 Å². The molecule has 0 aromatic carbocycles. The molecule has 0 aromatic heterocycles. The highest BCUT2D eigenvalue weighted by Crippen LogP contribution is 2.06. The average Bonchev–Trinajstić information content (AvgIpc) is 2.16. The summed E-state index contributed by atoms with van der Waals surface area (Å²) >= 11 is 3.07. The highest BCUT2D eigenvalue weighted by molar-refractivity contribution is 9.09. The molecule has 0 saturated heterocycles. The molecule has 0 atom stereocenters. The molecule has 0 fully saturated rings. The molecule has 0 rings (SSSR count). The fourth-order valence-electron chi connectivity index (χ4n) is 0.759. The predicted octanol–water partition coefficient (Wildman–Crippen LogP) is 1.83. The fraction of sp³-hybridized carbons (Fsp3) is 0.700. The molecule has 1 amide bonds. The number of carbonyl (C=O) groups is 2. The molecule has 0 heterocycles. The van der Waals surface area contributed by atoms with E-state index in [0.29, 0.717) is 0 Å². The fourth-order valence-corrected chi connectivity index (χ4v) is 1.11. The molecule has 0 saturated carbocycles. The van der Waals surface area contributed by atoms with E-state index in [9.17, 15) is 9.59 Å². The van der Waals surface area contributed by atoms with E-state index < -0.39 is 17.7 Å². The van der Waals surface area contributed by atoms with E-state index >= 15 is 0 Å². The molecule has 0 aliphatic heterocycles. The molecule has 1 N–H and O–H groups in total. The van der Waals surface area contributed by atoms with E-state index in [2.05, 4.69) is 26.5 Å². The Morgan fingerprint density at radius 3 is 2.35 bits per heavy atom. The Balaban J connectivity index is 4.37. The third-order valence-electron chi connectivity index (χ3n) is 1.32. The summed E-state index contributed by atoms with van der Waals surface area (Å²) in [5.41, 5.74) is 1.58. The Morgan fingerprint density at radius 1 is 1.35 bits per heavy atom. The number of alkyl halides is 1. The number of hydrazone groups is 1. The van der Waals surface area contributed by atoms with Gasteiger partial charge in [0.25, 0.3) is 0 Å². The first-order chi connectivity index (χ1) is 7.80. The quantitative estimate of drug-likeness (QED) is 0.372. The largest absolute Gasteiger partial charge is 0.461 e. The van der Waals surface area contributed by atoms with E-state index in [1.807, 2.05) is 0 Å². The highest BCUT2D eigenvalue weighted by Gasteiger charge is 2.17. The maximum absolute atomic E-state index is 11.3. The van der Waals surface area contributed by atoms with Crippen LogP contribution in [0.15, 0.2) is 5.10 Å². The first kappa shape index (κ1) is 15.9. The Labute approximate surface area is 109 Å². The number of rotatable bonds is 4. The second-order valence-electron chi connectivity index (χ2n) is 4.03.